The van der Waals surface area contributed by atoms with Crippen molar-refractivity contribution >= 4 is 34.6 Å². The first-order chi connectivity index (χ1) is 12.0. The molecular weight excluding hydrogens is 344 g/mol. The molecule has 2 aromatic heterocycles. The van der Waals surface area contributed by atoms with E-state index in [1.165, 1.54) is 0 Å². The molecule has 0 aliphatic heterocycles. The zero-order chi connectivity index (χ0) is 17.6. The summed E-state index contributed by atoms with van der Waals surface area (Å²) in [5.74, 6) is 0.741. The standard InChI is InChI=1S/C17H21ClN4O3/c1-25-11-8-12(18)19-15-14(11)21-16(22(15)10-4-2-5-10)20-13(23)9-17(24)6-3-7-17/h8,10,24H,2-7,9H2,1H3,(H,20,21,23). The maximum atomic E-state index is 12.4. The van der Waals surface area contributed by atoms with Gasteiger partial charge in [0.05, 0.1) is 19.1 Å². The van der Waals surface area contributed by atoms with Crippen LogP contribution in [0.25, 0.3) is 11.2 Å². The summed E-state index contributed by atoms with van der Waals surface area (Å²) in [6.45, 7) is 0. The van der Waals surface area contributed by atoms with E-state index < -0.39 is 5.60 Å². The van der Waals surface area contributed by atoms with Crippen LogP contribution in [0.2, 0.25) is 5.15 Å². The van der Waals surface area contributed by atoms with Crippen molar-refractivity contribution in [2.45, 2.75) is 56.6 Å². The van der Waals surface area contributed by atoms with Gasteiger partial charge in [-0.1, -0.05) is 11.6 Å². The van der Waals surface area contributed by atoms with Crippen molar-refractivity contribution in [1.29, 1.82) is 0 Å². The van der Waals surface area contributed by atoms with Gasteiger partial charge in [-0.15, -0.1) is 0 Å². The van der Waals surface area contributed by atoms with Crippen LogP contribution in [0.3, 0.4) is 0 Å². The SMILES string of the molecule is COc1cc(Cl)nc2c1nc(NC(=O)CC1(O)CCC1)n2C1CCC1. The minimum atomic E-state index is -0.864. The Hall–Kier alpha value is -1.86. The second-order valence-electron chi connectivity index (χ2n) is 7.01. The molecule has 0 unspecified atom stereocenters. The summed E-state index contributed by atoms with van der Waals surface area (Å²) in [7, 11) is 1.55. The van der Waals surface area contributed by atoms with Crippen LogP contribution in [0.4, 0.5) is 5.95 Å². The Morgan fingerprint density at radius 1 is 1.44 bits per heavy atom. The largest absolute Gasteiger partial charge is 0.494 e. The number of amides is 1. The summed E-state index contributed by atoms with van der Waals surface area (Å²) in [6, 6.07) is 1.85. The number of ether oxygens (including phenoxy) is 1. The molecule has 0 radical (unpaired) electrons. The van der Waals surface area contributed by atoms with E-state index in [2.05, 4.69) is 15.3 Å². The summed E-state index contributed by atoms with van der Waals surface area (Å²) >= 11 is 6.12. The lowest BCUT2D eigenvalue weighted by Crippen LogP contribution is -2.40. The van der Waals surface area contributed by atoms with Crippen LogP contribution in [0, 0.1) is 0 Å². The molecule has 0 bridgehead atoms. The quantitative estimate of drug-likeness (QED) is 0.796. The molecule has 25 heavy (non-hydrogen) atoms. The van der Waals surface area contributed by atoms with E-state index in [1.54, 1.807) is 13.2 Å². The number of rotatable bonds is 5. The number of halogens is 1. The van der Waals surface area contributed by atoms with Crippen LogP contribution in [0.1, 0.15) is 51.0 Å². The van der Waals surface area contributed by atoms with Gasteiger partial charge in [0.15, 0.2) is 16.9 Å². The van der Waals surface area contributed by atoms with Crippen LogP contribution in [0.5, 0.6) is 5.75 Å². The fraction of sp³-hybridized carbons (Fsp3) is 0.588. The number of methoxy groups -OCH3 is 1. The summed E-state index contributed by atoms with van der Waals surface area (Å²) < 4.78 is 7.31. The van der Waals surface area contributed by atoms with Crippen LogP contribution in [-0.4, -0.2) is 38.3 Å². The molecule has 4 rings (SSSR count). The van der Waals surface area contributed by atoms with Gasteiger partial charge in [0.1, 0.15) is 5.15 Å². The summed E-state index contributed by atoms with van der Waals surface area (Å²) in [5, 5.41) is 13.4. The highest BCUT2D eigenvalue weighted by atomic mass is 35.5. The first-order valence-electron chi connectivity index (χ1n) is 8.64. The van der Waals surface area contributed by atoms with Gasteiger partial charge in [-0.05, 0) is 38.5 Å². The Labute approximate surface area is 150 Å². The lowest BCUT2D eigenvalue weighted by Gasteiger charge is -2.36. The molecule has 134 valence electrons. The highest BCUT2D eigenvalue weighted by molar-refractivity contribution is 6.30. The topological polar surface area (TPSA) is 89.3 Å². The van der Waals surface area contributed by atoms with E-state index in [1.807, 2.05) is 4.57 Å². The molecule has 2 aromatic rings. The summed E-state index contributed by atoms with van der Waals surface area (Å²) in [6.07, 6.45) is 5.55. The monoisotopic (exact) mass is 364 g/mol. The lowest BCUT2D eigenvalue weighted by atomic mass is 9.78. The van der Waals surface area contributed by atoms with Crippen molar-refractivity contribution in [2.24, 2.45) is 0 Å². The number of carbonyl (C=O) groups excluding carboxylic acids is 1. The zero-order valence-electron chi connectivity index (χ0n) is 14.1. The summed E-state index contributed by atoms with van der Waals surface area (Å²) in [4.78, 5) is 21.3. The van der Waals surface area contributed by atoms with Gasteiger partial charge >= 0.3 is 0 Å². The molecular formula is C17H21ClN4O3. The third-order valence-corrected chi connectivity index (χ3v) is 5.46. The minimum Gasteiger partial charge on any atom is -0.494 e. The highest BCUT2D eigenvalue weighted by Gasteiger charge is 2.37. The van der Waals surface area contributed by atoms with Crippen LogP contribution < -0.4 is 10.1 Å². The number of aromatic nitrogens is 3. The number of aliphatic hydroxyl groups is 1. The van der Waals surface area contributed by atoms with Crippen LogP contribution in [-0.2, 0) is 4.79 Å². The lowest BCUT2D eigenvalue weighted by molar-refractivity contribution is -0.125. The van der Waals surface area contributed by atoms with Gasteiger partial charge in [-0.25, -0.2) is 9.97 Å². The molecule has 2 fully saturated rings. The van der Waals surface area contributed by atoms with Crippen molar-refractivity contribution in [3.63, 3.8) is 0 Å². The average Bonchev–Trinajstić information content (AvgIpc) is 2.81. The Morgan fingerprint density at radius 3 is 2.76 bits per heavy atom. The number of nitrogens with one attached hydrogen (secondary N) is 1. The van der Waals surface area contributed by atoms with Crippen LogP contribution in [0.15, 0.2) is 6.07 Å². The van der Waals surface area contributed by atoms with Gasteiger partial charge in [-0.3, -0.25) is 14.7 Å². The second kappa shape index (κ2) is 6.14. The van der Waals surface area contributed by atoms with E-state index in [4.69, 9.17) is 16.3 Å². The molecule has 0 atom stereocenters. The molecule has 7 nitrogen and oxygen atoms in total. The van der Waals surface area contributed by atoms with Gasteiger partial charge in [0, 0.05) is 12.1 Å². The number of hydrogen-bond donors (Lipinski definition) is 2. The molecule has 0 aromatic carbocycles. The third-order valence-electron chi connectivity index (χ3n) is 5.27. The number of hydrogen-bond acceptors (Lipinski definition) is 5. The Balaban J connectivity index is 1.70. The van der Waals surface area contributed by atoms with E-state index in [0.29, 0.717) is 40.9 Å². The average molecular weight is 365 g/mol. The van der Waals surface area contributed by atoms with Gasteiger partial charge in [0.2, 0.25) is 11.9 Å². The van der Waals surface area contributed by atoms with Gasteiger partial charge in [0.25, 0.3) is 0 Å². The second-order valence-corrected chi connectivity index (χ2v) is 7.40. The number of anilines is 1. The first kappa shape index (κ1) is 16.6. The van der Waals surface area contributed by atoms with E-state index in [-0.39, 0.29) is 18.4 Å². The molecule has 2 N–H and O–H groups in total. The predicted molar refractivity (Wildman–Crippen MR) is 94.0 cm³/mol. The number of imidazole rings is 1. The molecule has 0 saturated heterocycles. The Kier molecular flexibility index (Phi) is 4.08. The molecule has 0 spiro atoms. The maximum absolute atomic E-state index is 12.4. The number of fused-ring (bicyclic) bond motifs is 1. The van der Waals surface area contributed by atoms with E-state index in [9.17, 15) is 9.90 Å². The van der Waals surface area contributed by atoms with Crippen LogP contribution >= 0.6 is 11.6 Å². The van der Waals surface area contributed by atoms with Crippen molar-refractivity contribution in [2.75, 3.05) is 12.4 Å². The van der Waals surface area contributed by atoms with Crippen molar-refractivity contribution in [3.05, 3.63) is 11.2 Å². The van der Waals surface area contributed by atoms with Gasteiger partial charge in [-0.2, -0.15) is 0 Å². The normalized spacial score (nSPS) is 19.3. The Bertz CT molecular complexity index is 827. The number of pyridine rings is 1. The van der Waals surface area contributed by atoms with E-state index in [0.717, 1.165) is 25.7 Å². The number of nitrogens with zero attached hydrogens (tertiary/aromatic N) is 3. The fourth-order valence-electron chi connectivity index (χ4n) is 3.47. The van der Waals surface area contributed by atoms with Gasteiger partial charge < -0.3 is 9.84 Å². The summed E-state index contributed by atoms with van der Waals surface area (Å²) in [5.41, 5.74) is 0.333. The smallest absolute Gasteiger partial charge is 0.229 e. The van der Waals surface area contributed by atoms with Crippen molar-refractivity contribution < 1.29 is 14.6 Å². The zero-order valence-corrected chi connectivity index (χ0v) is 14.8. The third kappa shape index (κ3) is 2.95. The molecule has 2 heterocycles. The highest BCUT2D eigenvalue weighted by Crippen LogP contribution is 2.39. The molecule has 2 aliphatic carbocycles. The Morgan fingerprint density at radius 2 is 2.20 bits per heavy atom. The molecule has 2 aliphatic rings. The number of carbonyl (C=O) groups is 1. The van der Waals surface area contributed by atoms with E-state index >= 15 is 0 Å². The van der Waals surface area contributed by atoms with Crippen molar-refractivity contribution in [1.82, 2.24) is 14.5 Å². The molecule has 1 amide bonds. The fourth-order valence-corrected chi connectivity index (χ4v) is 3.65. The minimum absolute atomic E-state index is 0.0895. The maximum Gasteiger partial charge on any atom is 0.229 e. The molecule has 2 saturated carbocycles. The first-order valence-corrected chi connectivity index (χ1v) is 9.01. The predicted octanol–water partition coefficient (Wildman–Crippen LogP) is 3.06. The molecule has 8 heteroatoms. The van der Waals surface area contributed by atoms with Crippen molar-refractivity contribution in [3.8, 4) is 5.75 Å².